The van der Waals surface area contributed by atoms with Crippen LogP contribution in [0.25, 0.3) is 0 Å². The molecule has 0 aromatic heterocycles. The van der Waals surface area contributed by atoms with Gasteiger partial charge < -0.3 is 15.8 Å². The maximum Gasteiger partial charge on any atom is 0.188 e. The van der Waals surface area contributed by atoms with Crippen LogP contribution in [0.1, 0.15) is 31.9 Å². The van der Waals surface area contributed by atoms with E-state index in [-0.39, 0.29) is 11.9 Å². The second-order valence-electron chi connectivity index (χ2n) is 5.11. The molecule has 0 amide bonds. The van der Waals surface area contributed by atoms with E-state index in [0.717, 1.165) is 18.5 Å². The zero-order chi connectivity index (χ0) is 15.0. The zero-order valence-electron chi connectivity index (χ0n) is 12.4. The lowest BCUT2D eigenvalue weighted by Gasteiger charge is -2.14. The molecule has 0 fully saturated rings. The average Bonchev–Trinajstić information content (AvgIpc) is 2.41. The highest BCUT2D eigenvalue weighted by Crippen LogP contribution is 2.17. The molecule has 112 valence electrons. The van der Waals surface area contributed by atoms with Crippen molar-refractivity contribution in [2.45, 2.75) is 26.4 Å². The summed E-state index contributed by atoms with van der Waals surface area (Å²) in [7, 11) is 1.60. The molecule has 1 aromatic rings. The fourth-order valence-electron chi connectivity index (χ4n) is 1.72. The van der Waals surface area contributed by atoms with Crippen molar-refractivity contribution in [3.8, 4) is 0 Å². The smallest absolute Gasteiger partial charge is 0.188 e. The minimum Gasteiger partial charge on any atom is -0.375 e. The summed E-state index contributed by atoms with van der Waals surface area (Å²) >= 11 is 0. The Bertz CT molecular complexity index is 418. The Labute approximate surface area is 120 Å². The van der Waals surface area contributed by atoms with Crippen molar-refractivity contribution in [1.29, 1.82) is 0 Å². The van der Waals surface area contributed by atoms with Crippen LogP contribution in [0.5, 0.6) is 0 Å². The topological polar surface area (TPSA) is 59.6 Å². The number of benzene rings is 1. The van der Waals surface area contributed by atoms with Gasteiger partial charge in [0.15, 0.2) is 5.96 Å². The predicted molar refractivity (Wildman–Crippen MR) is 80.1 cm³/mol. The highest BCUT2D eigenvalue weighted by atomic mass is 19.1. The van der Waals surface area contributed by atoms with Gasteiger partial charge in [-0.25, -0.2) is 4.39 Å². The third-order valence-corrected chi connectivity index (χ3v) is 2.98. The molecule has 5 heteroatoms. The minimum absolute atomic E-state index is 0.221. The van der Waals surface area contributed by atoms with Gasteiger partial charge >= 0.3 is 0 Å². The largest absolute Gasteiger partial charge is 0.375 e. The van der Waals surface area contributed by atoms with Gasteiger partial charge in [0, 0.05) is 13.7 Å². The monoisotopic (exact) mass is 281 g/mol. The quantitative estimate of drug-likeness (QED) is 0.596. The Balaban J connectivity index is 2.49. The number of rotatable bonds is 7. The number of nitrogens with zero attached hydrogens (tertiary/aromatic N) is 1. The molecule has 0 saturated carbocycles. The first-order valence-corrected chi connectivity index (χ1v) is 6.85. The highest BCUT2D eigenvalue weighted by molar-refractivity contribution is 5.77. The van der Waals surface area contributed by atoms with Crippen LogP contribution < -0.4 is 11.1 Å². The van der Waals surface area contributed by atoms with Crippen LogP contribution in [0.15, 0.2) is 29.3 Å². The summed E-state index contributed by atoms with van der Waals surface area (Å²) < 4.78 is 18.2. The maximum atomic E-state index is 12.9. The number of hydrogen-bond donors (Lipinski definition) is 2. The summed E-state index contributed by atoms with van der Waals surface area (Å²) in [5.74, 6) is 0.776. The van der Waals surface area contributed by atoms with E-state index in [1.54, 1.807) is 19.2 Å². The minimum atomic E-state index is -0.262. The summed E-state index contributed by atoms with van der Waals surface area (Å²) in [6, 6.07) is 6.22. The first-order chi connectivity index (χ1) is 9.52. The summed E-state index contributed by atoms with van der Waals surface area (Å²) in [5.41, 5.74) is 6.67. The summed E-state index contributed by atoms with van der Waals surface area (Å²) in [6.45, 7) is 5.53. The number of halogens is 1. The lowest BCUT2D eigenvalue weighted by molar-refractivity contribution is 0.111. The molecule has 0 aliphatic carbocycles. The van der Waals surface area contributed by atoms with E-state index in [4.69, 9.17) is 10.5 Å². The number of hydrogen-bond acceptors (Lipinski definition) is 2. The number of nitrogens with two attached hydrogens (primary N) is 1. The van der Waals surface area contributed by atoms with Gasteiger partial charge in [0.25, 0.3) is 0 Å². The second-order valence-corrected chi connectivity index (χ2v) is 5.11. The van der Waals surface area contributed by atoms with Gasteiger partial charge in [0.05, 0.1) is 6.54 Å². The predicted octanol–water partition coefficient (Wildman–Crippen LogP) is 2.46. The van der Waals surface area contributed by atoms with Crippen molar-refractivity contribution in [2.24, 2.45) is 16.6 Å². The molecule has 0 heterocycles. The van der Waals surface area contributed by atoms with Crippen LogP contribution in [0, 0.1) is 11.7 Å². The van der Waals surface area contributed by atoms with Gasteiger partial charge in [0.1, 0.15) is 11.9 Å². The molecule has 1 unspecified atom stereocenters. The van der Waals surface area contributed by atoms with Crippen molar-refractivity contribution in [3.63, 3.8) is 0 Å². The summed E-state index contributed by atoms with van der Waals surface area (Å²) in [4.78, 5) is 4.26. The number of methoxy groups -OCH3 is 1. The van der Waals surface area contributed by atoms with Gasteiger partial charge in [-0.2, -0.15) is 0 Å². The molecule has 0 saturated heterocycles. The van der Waals surface area contributed by atoms with Gasteiger partial charge in [0.2, 0.25) is 0 Å². The van der Waals surface area contributed by atoms with Gasteiger partial charge in [-0.1, -0.05) is 26.0 Å². The number of aliphatic imine (C=N–C) groups is 1. The lowest BCUT2D eigenvalue weighted by Crippen LogP contribution is -2.33. The molecule has 0 aliphatic heterocycles. The van der Waals surface area contributed by atoms with E-state index in [2.05, 4.69) is 24.2 Å². The third-order valence-electron chi connectivity index (χ3n) is 2.98. The molecule has 3 N–H and O–H groups in total. The van der Waals surface area contributed by atoms with Crippen LogP contribution >= 0.6 is 0 Å². The third kappa shape index (κ3) is 6.02. The Hall–Kier alpha value is -1.62. The summed E-state index contributed by atoms with van der Waals surface area (Å²) in [5, 5.41) is 3.07. The standard InChI is InChI=1S/C15H24FN3O/c1-11(2)8-9-18-15(17)19-10-14(20-3)12-4-6-13(16)7-5-12/h4-7,11,14H,8-10H2,1-3H3,(H3,17,18,19). The normalized spacial score (nSPS) is 13.6. The number of guanidine groups is 1. The van der Waals surface area contributed by atoms with Crippen molar-refractivity contribution >= 4 is 5.96 Å². The van der Waals surface area contributed by atoms with E-state index in [1.165, 1.54) is 12.1 Å². The maximum absolute atomic E-state index is 12.9. The average molecular weight is 281 g/mol. The van der Waals surface area contributed by atoms with Crippen molar-refractivity contribution < 1.29 is 9.13 Å². The van der Waals surface area contributed by atoms with E-state index < -0.39 is 0 Å². The molecular formula is C15H24FN3O. The van der Waals surface area contributed by atoms with Crippen LogP contribution in [0.2, 0.25) is 0 Å². The van der Waals surface area contributed by atoms with E-state index >= 15 is 0 Å². The molecule has 1 aromatic carbocycles. The Morgan fingerprint density at radius 1 is 1.35 bits per heavy atom. The second kappa shape index (κ2) is 8.53. The van der Waals surface area contributed by atoms with Crippen LogP contribution in [-0.4, -0.2) is 26.2 Å². The Morgan fingerprint density at radius 2 is 2.00 bits per heavy atom. The van der Waals surface area contributed by atoms with E-state index in [0.29, 0.717) is 18.4 Å². The zero-order valence-corrected chi connectivity index (χ0v) is 12.4. The first-order valence-electron chi connectivity index (χ1n) is 6.85. The molecule has 20 heavy (non-hydrogen) atoms. The molecule has 1 atom stereocenters. The van der Waals surface area contributed by atoms with Crippen LogP contribution in [-0.2, 0) is 4.74 Å². The van der Waals surface area contributed by atoms with Crippen LogP contribution in [0.4, 0.5) is 4.39 Å². The lowest BCUT2D eigenvalue weighted by atomic mass is 10.1. The molecular weight excluding hydrogens is 257 g/mol. The molecule has 4 nitrogen and oxygen atoms in total. The molecule has 1 rings (SSSR count). The fraction of sp³-hybridized carbons (Fsp3) is 0.533. The molecule has 0 bridgehead atoms. The first kappa shape index (κ1) is 16.4. The fourth-order valence-corrected chi connectivity index (χ4v) is 1.72. The van der Waals surface area contributed by atoms with E-state index in [1.807, 2.05) is 0 Å². The molecule has 0 radical (unpaired) electrons. The Kier molecular flexibility index (Phi) is 7.01. The number of nitrogens with one attached hydrogen (secondary N) is 1. The van der Waals surface area contributed by atoms with E-state index in [9.17, 15) is 4.39 Å². The van der Waals surface area contributed by atoms with Crippen molar-refractivity contribution in [2.75, 3.05) is 20.2 Å². The van der Waals surface area contributed by atoms with Crippen molar-refractivity contribution in [1.82, 2.24) is 5.32 Å². The molecule has 0 spiro atoms. The van der Waals surface area contributed by atoms with Crippen LogP contribution in [0.3, 0.4) is 0 Å². The summed E-state index contributed by atoms with van der Waals surface area (Å²) in [6.07, 6.45) is 0.822. The van der Waals surface area contributed by atoms with Gasteiger partial charge in [-0.05, 0) is 30.0 Å². The Morgan fingerprint density at radius 3 is 2.55 bits per heavy atom. The SMILES string of the molecule is COC(CN=C(N)NCCC(C)C)c1ccc(F)cc1. The van der Waals surface area contributed by atoms with Crippen molar-refractivity contribution in [3.05, 3.63) is 35.6 Å². The van der Waals surface area contributed by atoms with Gasteiger partial charge in [-0.15, -0.1) is 0 Å². The number of ether oxygens (including phenoxy) is 1. The van der Waals surface area contributed by atoms with Gasteiger partial charge in [-0.3, -0.25) is 4.99 Å². The molecule has 0 aliphatic rings. The highest BCUT2D eigenvalue weighted by Gasteiger charge is 2.10.